The summed E-state index contributed by atoms with van der Waals surface area (Å²) in [5.74, 6) is -0.895. The van der Waals surface area contributed by atoms with Crippen LogP contribution in [-0.4, -0.2) is 17.0 Å². The molecule has 1 aromatic carbocycles. The van der Waals surface area contributed by atoms with E-state index in [9.17, 15) is 9.59 Å². The van der Waals surface area contributed by atoms with Gasteiger partial charge in [-0.3, -0.25) is 14.9 Å². The van der Waals surface area contributed by atoms with Gasteiger partial charge in [0.05, 0.1) is 0 Å². The van der Waals surface area contributed by atoms with E-state index < -0.39 is 11.8 Å². The van der Waals surface area contributed by atoms with E-state index in [2.05, 4.69) is 15.8 Å². The summed E-state index contributed by atoms with van der Waals surface area (Å²) in [6.45, 7) is 3.46. The van der Waals surface area contributed by atoms with Gasteiger partial charge in [0.15, 0.2) is 5.82 Å². The fraction of sp³-hybridized carbons (Fsp3) is 0.154. The van der Waals surface area contributed by atoms with Gasteiger partial charge in [-0.05, 0) is 37.6 Å². The van der Waals surface area contributed by atoms with Crippen LogP contribution in [0.25, 0.3) is 0 Å². The zero-order valence-corrected chi connectivity index (χ0v) is 11.6. The van der Waals surface area contributed by atoms with Gasteiger partial charge in [-0.25, -0.2) is 0 Å². The summed E-state index contributed by atoms with van der Waals surface area (Å²) in [5.41, 5.74) is 1.28. The molecular weight excluding hydrogens is 282 g/mol. The molecule has 0 aliphatic heterocycles. The summed E-state index contributed by atoms with van der Waals surface area (Å²) >= 11 is 5.82. The number of carbonyl (C=O) groups excluding carboxylic acids is 2. The molecule has 0 radical (unpaired) electrons. The van der Waals surface area contributed by atoms with Crippen molar-refractivity contribution in [2.24, 2.45) is 0 Å². The molecule has 2 N–H and O–H groups in total. The minimum absolute atomic E-state index is 0.190. The number of aryl methyl sites for hydroxylation is 2. The number of aromatic nitrogens is 1. The van der Waals surface area contributed by atoms with Gasteiger partial charge in [0.25, 0.3) is 0 Å². The average Bonchev–Trinajstić information content (AvgIpc) is 2.78. The van der Waals surface area contributed by atoms with E-state index in [1.807, 2.05) is 0 Å². The standard InChI is InChI=1S/C13H12ClN3O3/c1-7-5-9(14)3-4-10(7)15-12(18)13(19)16-11-6-8(2)20-17-11/h3-6H,1-2H3,(H,15,18)(H,16,17,19). The summed E-state index contributed by atoms with van der Waals surface area (Å²) in [7, 11) is 0. The number of nitrogens with zero attached hydrogens (tertiary/aromatic N) is 1. The third-order valence-corrected chi connectivity index (χ3v) is 2.75. The smallest absolute Gasteiger partial charge is 0.315 e. The van der Waals surface area contributed by atoms with Crippen LogP contribution in [0.1, 0.15) is 11.3 Å². The first-order valence-corrected chi connectivity index (χ1v) is 6.15. The molecule has 104 valence electrons. The van der Waals surface area contributed by atoms with Crippen molar-refractivity contribution in [1.82, 2.24) is 5.16 Å². The number of amides is 2. The van der Waals surface area contributed by atoms with E-state index in [0.29, 0.717) is 16.5 Å². The van der Waals surface area contributed by atoms with E-state index >= 15 is 0 Å². The molecule has 0 aliphatic rings. The van der Waals surface area contributed by atoms with Crippen molar-refractivity contribution in [3.8, 4) is 0 Å². The summed E-state index contributed by atoms with van der Waals surface area (Å²) in [6, 6.07) is 6.46. The highest BCUT2D eigenvalue weighted by atomic mass is 35.5. The number of benzene rings is 1. The maximum Gasteiger partial charge on any atom is 0.315 e. The van der Waals surface area contributed by atoms with Crippen LogP contribution in [0.15, 0.2) is 28.8 Å². The quantitative estimate of drug-likeness (QED) is 0.833. The van der Waals surface area contributed by atoms with Crippen LogP contribution >= 0.6 is 11.6 Å². The van der Waals surface area contributed by atoms with Crippen LogP contribution in [-0.2, 0) is 9.59 Å². The molecule has 0 spiro atoms. The summed E-state index contributed by atoms with van der Waals surface area (Å²) in [4.78, 5) is 23.4. The number of nitrogens with one attached hydrogen (secondary N) is 2. The second kappa shape index (κ2) is 5.75. The number of carbonyl (C=O) groups is 2. The molecule has 1 aromatic heterocycles. The van der Waals surface area contributed by atoms with Gasteiger partial charge >= 0.3 is 11.8 Å². The van der Waals surface area contributed by atoms with Crippen molar-refractivity contribution < 1.29 is 14.1 Å². The molecule has 20 heavy (non-hydrogen) atoms. The first kappa shape index (κ1) is 14.1. The van der Waals surface area contributed by atoms with E-state index in [1.54, 1.807) is 32.0 Å². The van der Waals surface area contributed by atoms with Gasteiger partial charge in [0.2, 0.25) is 0 Å². The molecule has 0 unspecified atom stereocenters. The van der Waals surface area contributed by atoms with E-state index in [1.165, 1.54) is 6.07 Å². The van der Waals surface area contributed by atoms with Crippen LogP contribution in [0.2, 0.25) is 5.02 Å². The Morgan fingerprint density at radius 1 is 1.15 bits per heavy atom. The van der Waals surface area contributed by atoms with Crippen LogP contribution in [0.3, 0.4) is 0 Å². The Morgan fingerprint density at radius 3 is 2.45 bits per heavy atom. The zero-order chi connectivity index (χ0) is 14.7. The number of hydrogen-bond acceptors (Lipinski definition) is 4. The Bertz CT molecular complexity index is 667. The van der Waals surface area contributed by atoms with E-state index in [4.69, 9.17) is 16.1 Å². The molecule has 0 saturated carbocycles. The van der Waals surface area contributed by atoms with Crippen molar-refractivity contribution in [1.29, 1.82) is 0 Å². The van der Waals surface area contributed by atoms with Crippen LogP contribution < -0.4 is 10.6 Å². The fourth-order valence-electron chi connectivity index (χ4n) is 1.54. The van der Waals surface area contributed by atoms with Crippen molar-refractivity contribution in [3.05, 3.63) is 40.6 Å². The first-order chi connectivity index (χ1) is 9.45. The van der Waals surface area contributed by atoms with Gasteiger partial charge in [-0.1, -0.05) is 16.8 Å². The Morgan fingerprint density at radius 2 is 1.85 bits per heavy atom. The summed E-state index contributed by atoms with van der Waals surface area (Å²) < 4.78 is 4.78. The number of halogens is 1. The lowest BCUT2D eigenvalue weighted by atomic mass is 10.2. The molecule has 6 nitrogen and oxygen atoms in total. The van der Waals surface area contributed by atoms with E-state index in [0.717, 1.165) is 5.56 Å². The van der Waals surface area contributed by atoms with Crippen LogP contribution in [0, 0.1) is 13.8 Å². The molecule has 7 heteroatoms. The van der Waals surface area contributed by atoms with E-state index in [-0.39, 0.29) is 5.82 Å². The largest absolute Gasteiger partial charge is 0.360 e. The topological polar surface area (TPSA) is 84.2 Å². The molecule has 2 amide bonds. The lowest BCUT2D eigenvalue weighted by Crippen LogP contribution is -2.29. The lowest BCUT2D eigenvalue weighted by Gasteiger charge is -2.07. The number of anilines is 2. The minimum Gasteiger partial charge on any atom is -0.360 e. The van der Waals surface area contributed by atoms with Gasteiger partial charge in [0.1, 0.15) is 5.76 Å². The molecule has 0 atom stereocenters. The molecule has 2 rings (SSSR count). The van der Waals surface area contributed by atoms with Gasteiger partial charge in [0, 0.05) is 16.8 Å². The predicted octanol–water partition coefficient (Wildman–Crippen LogP) is 2.52. The molecule has 0 saturated heterocycles. The normalized spacial score (nSPS) is 10.2. The van der Waals surface area contributed by atoms with Gasteiger partial charge in [-0.15, -0.1) is 0 Å². The number of hydrogen-bond donors (Lipinski definition) is 2. The Kier molecular flexibility index (Phi) is 4.05. The molecule has 0 aliphatic carbocycles. The van der Waals surface area contributed by atoms with Gasteiger partial charge in [-0.2, -0.15) is 0 Å². The monoisotopic (exact) mass is 293 g/mol. The van der Waals surface area contributed by atoms with Gasteiger partial charge < -0.3 is 9.84 Å². The predicted molar refractivity (Wildman–Crippen MR) is 74.7 cm³/mol. The van der Waals surface area contributed by atoms with Crippen LogP contribution in [0.5, 0.6) is 0 Å². The fourth-order valence-corrected chi connectivity index (χ4v) is 1.77. The molecule has 0 bridgehead atoms. The lowest BCUT2D eigenvalue weighted by molar-refractivity contribution is -0.133. The van der Waals surface area contributed by atoms with Crippen molar-refractivity contribution in [2.75, 3.05) is 10.6 Å². The second-order valence-corrected chi connectivity index (χ2v) is 4.63. The maximum atomic E-state index is 11.7. The summed E-state index contributed by atoms with van der Waals surface area (Å²) in [6.07, 6.45) is 0. The molecule has 2 aromatic rings. The Labute approximate surface area is 120 Å². The Balaban J connectivity index is 2.02. The molecular formula is C13H12ClN3O3. The highest BCUT2D eigenvalue weighted by Gasteiger charge is 2.16. The third kappa shape index (κ3) is 3.36. The maximum absolute atomic E-state index is 11.7. The number of rotatable bonds is 2. The minimum atomic E-state index is -0.826. The Hall–Kier alpha value is -2.34. The SMILES string of the molecule is Cc1cc(NC(=O)C(=O)Nc2ccc(Cl)cc2C)no1. The van der Waals surface area contributed by atoms with Crippen molar-refractivity contribution in [3.63, 3.8) is 0 Å². The summed E-state index contributed by atoms with van der Waals surface area (Å²) in [5, 5.41) is 8.96. The second-order valence-electron chi connectivity index (χ2n) is 4.19. The van der Waals surface area contributed by atoms with Crippen LogP contribution in [0.4, 0.5) is 11.5 Å². The first-order valence-electron chi connectivity index (χ1n) is 5.77. The third-order valence-electron chi connectivity index (χ3n) is 2.51. The van der Waals surface area contributed by atoms with Crippen molar-refractivity contribution in [2.45, 2.75) is 13.8 Å². The molecule has 1 heterocycles. The average molecular weight is 294 g/mol. The van der Waals surface area contributed by atoms with Crippen molar-refractivity contribution >= 4 is 34.9 Å². The highest BCUT2D eigenvalue weighted by Crippen LogP contribution is 2.19. The molecule has 0 fully saturated rings. The highest BCUT2D eigenvalue weighted by molar-refractivity contribution is 6.43. The zero-order valence-electron chi connectivity index (χ0n) is 10.9.